The number of aromatic nitrogens is 3. The number of rotatable bonds is 5. The third-order valence-corrected chi connectivity index (χ3v) is 5.48. The number of hydrogen-bond acceptors (Lipinski definition) is 7. The third-order valence-electron chi connectivity index (χ3n) is 3.17. The van der Waals surface area contributed by atoms with Gasteiger partial charge >= 0.3 is 0 Å². The highest BCUT2D eigenvalue weighted by Crippen LogP contribution is 2.30. The average Bonchev–Trinajstić information content (AvgIpc) is 3.10. The molecule has 0 spiro atoms. The van der Waals surface area contributed by atoms with Gasteiger partial charge in [0.2, 0.25) is 5.95 Å². The van der Waals surface area contributed by atoms with Crippen molar-refractivity contribution in [3.8, 4) is 0 Å². The minimum absolute atomic E-state index is 0.308. The Hall–Kier alpha value is -1.73. The maximum absolute atomic E-state index is 5.80. The minimum Gasteiger partial charge on any atom is -0.368 e. The lowest BCUT2D eigenvalue weighted by Crippen LogP contribution is -2.04. The van der Waals surface area contributed by atoms with Crippen LogP contribution in [0, 0.1) is 0 Å². The molecule has 0 radical (unpaired) electrons. The van der Waals surface area contributed by atoms with Gasteiger partial charge in [0, 0.05) is 16.0 Å². The molecule has 0 aliphatic heterocycles. The first-order valence-electron chi connectivity index (χ1n) is 6.93. The summed E-state index contributed by atoms with van der Waals surface area (Å²) in [5.74, 6) is 1.10. The molecule has 3 heterocycles. The minimum atomic E-state index is 0.308. The molecular formula is C14H17N5S2. The highest BCUT2D eigenvalue weighted by atomic mass is 32.1. The molecule has 3 aromatic heterocycles. The normalized spacial score (nSPS) is 11.1. The predicted molar refractivity (Wildman–Crippen MR) is 90.0 cm³/mol. The SMILES string of the molecule is CCc1cnc(CNc2nc(N)nc3sc(CC)cc23)s1. The van der Waals surface area contributed by atoms with E-state index in [0.29, 0.717) is 12.5 Å². The molecule has 110 valence electrons. The van der Waals surface area contributed by atoms with E-state index in [-0.39, 0.29) is 0 Å². The molecule has 0 aromatic carbocycles. The van der Waals surface area contributed by atoms with Crippen LogP contribution >= 0.6 is 22.7 Å². The molecule has 21 heavy (non-hydrogen) atoms. The van der Waals surface area contributed by atoms with Crippen LogP contribution in [0.2, 0.25) is 0 Å². The molecule has 3 N–H and O–H groups in total. The van der Waals surface area contributed by atoms with Gasteiger partial charge in [-0.05, 0) is 18.9 Å². The van der Waals surface area contributed by atoms with Gasteiger partial charge in [-0.1, -0.05) is 13.8 Å². The molecule has 0 saturated carbocycles. The van der Waals surface area contributed by atoms with Gasteiger partial charge in [-0.25, -0.2) is 9.97 Å². The van der Waals surface area contributed by atoms with Crippen LogP contribution in [0.1, 0.15) is 28.6 Å². The largest absolute Gasteiger partial charge is 0.368 e. The molecule has 0 unspecified atom stereocenters. The van der Waals surface area contributed by atoms with Gasteiger partial charge < -0.3 is 11.1 Å². The van der Waals surface area contributed by atoms with E-state index in [1.165, 1.54) is 9.75 Å². The second-order valence-electron chi connectivity index (χ2n) is 4.64. The Kier molecular flexibility index (Phi) is 4.03. The summed E-state index contributed by atoms with van der Waals surface area (Å²) in [6, 6.07) is 2.14. The van der Waals surface area contributed by atoms with E-state index in [0.717, 1.165) is 33.9 Å². The Morgan fingerprint density at radius 1 is 1.14 bits per heavy atom. The smallest absolute Gasteiger partial charge is 0.223 e. The van der Waals surface area contributed by atoms with Crippen LogP contribution in [0.15, 0.2) is 12.3 Å². The Morgan fingerprint density at radius 3 is 2.67 bits per heavy atom. The first-order valence-corrected chi connectivity index (χ1v) is 8.56. The standard InChI is InChI=1S/C14H17N5S2/c1-3-8-5-10-12(18-14(15)19-13(10)21-8)17-7-11-16-6-9(4-2)20-11/h5-6H,3-4,7H2,1-2H3,(H3,15,17,18,19). The lowest BCUT2D eigenvalue weighted by Gasteiger charge is -2.05. The van der Waals surface area contributed by atoms with E-state index in [1.807, 2.05) is 6.20 Å². The third kappa shape index (κ3) is 2.98. The number of nitrogens with one attached hydrogen (secondary N) is 1. The molecule has 0 aliphatic carbocycles. The van der Waals surface area contributed by atoms with Gasteiger partial charge in [0.05, 0.1) is 11.9 Å². The fraction of sp³-hybridized carbons (Fsp3) is 0.357. The van der Waals surface area contributed by atoms with Gasteiger partial charge in [0.25, 0.3) is 0 Å². The van der Waals surface area contributed by atoms with Crippen molar-refractivity contribution in [1.82, 2.24) is 15.0 Å². The van der Waals surface area contributed by atoms with Gasteiger partial charge in [-0.3, -0.25) is 0 Å². The van der Waals surface area contributed by atoms with Gasteiger partial charge in [0.1, 0.15) is 15.7 Å². The highest BCUT2D eigenvalue weighted by molar-refractivity contribution is 7.18. The van der Waals surface area contributed by atoms with E-state index >= 15 is 0 Å². The number of hydrogen-bond donors (Lipinski definition) is 2. The lowest BCUT2D eigenvalue weighted by molar-refractivity contribution is 1.07. The van der Waals surface area contributed by atoms with Crippen LogP contribution in [0.5, 0.6) is 0 Å². The van der Waals surface area contributed by atoms with Crippen molar-refractivity contribution in [2.75, 3.05) is 11.1 Å². The molecule has 0 bridgehead atoms. The van der Waals surface area contributed by atoms with Crippen molar-refractivity contribution in [2.24, 2.45) is 0 Å². The van der Waals surface area contributed by atoms with Crippen LogP contribution in [-0.4, -0.2) is 15.0 Å². The number of nitrogens with two attached hydrogens (primary N) is 1. The predicted octanol–water partition coefficient (Wildman–Crippen LogP) is 3.47. The molecule has 3 rings (SSSR count). The van der Waals surface area contributed by atoms with Crippen molar-refractivity contribution in [1.29, 1.82) is 0 Å². The molecule has 0 fully saturated rings. The van der Waals surface area contributed by atoms with Gasteiger partial charge in [-0.15, -0.1) is 22.7 Å². The number of thiophene rings is 1. The van der Waals surface area contributed by atoms with Crippen LogP contribution in [0.4, 0.5) is 11.8 Å². The summed E-state index contributed by atoms with van der Waals surface area (Å²) in [7, 11) is 0. The zero-order chi connectivity index (χ0) is 14.8. The van der Waals surface area contributed by atoms with Gasteiger partial charge in [-0.2, -0.15) is 4.98 Å². The van der Waals surface area contributed by atoms with Crippen LogP contribution in [-0.2, 0) is 19.4 Å². The number of thiazole rings is 1. The van der Waals surface area contributed by atoms with Crippen molar-refractivity contribution in [3.05, 3.63) is 27.0 Å². The second kappa shape index (κ2) is 5.95. The maximum atomic E-state index is 5.80. The molecule has 5 nitrogen and oxygen atoms in total. The number of anilines is 2. The molecule has 0 amide bonds. The molecule has 0 saturated heterocycles. The first-order chi connectivity index (χ1) is 10.2. The number of fused-ring (bicyclic) bond motifs is 1. The van der Waals surface area contributed by atoms with E-state index in [9.17, 15) is 0 Å². The van der Waals surface area contributed by atoms with E-state index in [1.54, 1.807) is 22.7 Å². The van der Waals surface area contributed by atoms with E-state index in [4.69, 9.17) is 5.73 Å². The van der Waals surface area contributed by atoms with Crippen molar-refractivity contribution >= 4 is 44.7 Å². The topological polar surface area (TPSA) is 76.7 Å². The molecule has 7 heteroatoms. The maximum Gasteiger partial charge on any atom is 0.223 e. The van der Waals surface area contributed by atoms with Crippen LogP contribution in [0.3, 0.4) is 0 Å². The molecule has 0 atom stereocenters. The summed E-state index contributed by atoms with van der Waals surface area (Å²) in [6.07, 6.45) is 3.95. The zero-order valence-corrected chi connectivity index (χ0v) is 13.6. The first kappa shape index (κ1) is 14.2. The Bertz CT molecular complexity index is 762. The summed E-state index contributed by atoms with van der Waals surface area (Å²) in [6.45, 7) is 4.93. The number of nitrogens with zero attached hydrogens (tertiary/aromatic N) is 3. The summed E-state index contributed by atoms with van der Waals surface area (Å²) >= 11 is 3.40. The fourth-order valence-corrected chi connectivity index (χ4v) is 3.83. The van der Waals surface area contributed by atoms with E-state index < -0.39 is 0 Å². The molecule has 3 aromatic rings. The Balaban J connectivity index is 1.86. The second-order valence-corrected chi connectivity index (χ2v) is 6.96. The van der Waals surface area contributed by atoms with E-state index in [2.05, 4.69) is 40.2 Å². The lowest BCUT2D eigenvalue weighted by atomic mass is 10.3. The van der Waals surface area contributed by atoms with Crippen molar-refractivity contribution in [2.45, 2.75) is 33.2 Å². The van der Waals surface area contributed by atoms with Crippen molar-refractivity contribution < 1.29 is 0 Å². The quantitative estimate of drug-likeness (QED) is 0.753. The summed E-state index contributed by atoms with van der Waals surface area (Å²) in [4.78, 5) is 16.6. The number of aryl methyl sites for hydroxylation is 2. The van der Waals surface area contributed by atoms with Gasteiger partial charge in [0.15, 0.2) is 0 Å². The zero-order valence-electron chi connectivity index (χ0n) is 12.0. The monoisotopic (exact) mass is 319 g/mol. The number of nitrogen functional groups attached to an aromatic ring is 1. The van der Waals surface area contributed by atoms with Crippen LogP contribution < -0.4 is 11.1 Å². The van der Waals surface area contributed by atoms with Crippen LogP contribution in [0.25, 0.3) is 10.2 Å². The average molecular weight is 319 g/mol. The summed E-state index contributed by atoms with van der Waals surface area (Å²) in [5, 5.41) is 5.44. The summed E-state index contributed by atoms with van der Waals surface area (Å²) < 4.78 is 0. The fourth-order valence-electron chi connectivity index (χ4n) is 2.05. The van der Waals surface area contributed by atoms with Crippen molar-refractivity contribution in [3.63, 3.8) is 0 Å². The molecular weight excluding hydrogens is 302 g/mol. The molecule has 0 aliphatic rings. The summed E-state index contributed by atoms with van der Waals surface area (Å²) in [5.41, 5.74) is 5.80. The Morgan fingerprint density at radius 2 is 1.95 bits per heavy atom. The highest BCUT2D eigenvalue weighted by Gasteiger charge is 2.10. The Labute approximate surface area is 131 Å².